The van der Waals surface area contributed by atoms with Gasteiger partial charge in [-0.25, -0.2) is 0 Å². The van der Waals surface area contributed by atoms with Crippen molar-refractivity contribution < 1.29 is 0 Å². The van der Waals surface area contributed by atoms with Crippen LogP contribution >= 0.6 is 0 Å². The summed E-state index contributed by atoms with van der Waals surface area (Å²) in [7, 11) is 0. The maximum atomic E-state index is 4.97. The fourth-order valence-electron chi connectivity index (χ4n) is 2.61. The number of nitrogens with zero attached hydrogens (tertiary/aromatic N) is 2. The molecule has 22 heavy (non-hydrogen) atoms. The molecule has 1 aromatic carbocycles. The molecule has 2 aromatic rings. The smallest absolute Gasteiger partial charge is 0.0844 e. The Kier molecular flexibility index (Phi) is 5.12. The molecule has 0 aliphatic rings. The van der Waals surface area contributed by atoms with E-state index in [0.717, 1.165) is 22.8 Å². The summed E-state index contributed by atoms with van der Waals surface area (Å²) in [5, 5.41) is 0. The zero-order valence-corrected chi connectivity index (χ0v) is 14.5. The third-order valence-corrected chi connectivity index (χ3v) is 3.88. The second-order valence-corrected chi connectivity index (χ2v) is 6.46. The Balaban J connectivity index is 2.58. The Morgan fingerprint density at radius 1 is 0.909 bits per heavy atom. The van der Waals surface area contributed by atoms with E-state index in [4.69, 9.17) is 4.99 Å². The topological polar surface area (TPSA) is 25.2 Å². The molecule has 0 radical (unpaired) electrons. The van der Waals surface area contributed by atoms with Crippen molar-refractivity contribution >= 4 is 11.4 Å². The molecular weight excluding hydrogens is 268 g/mol. The Hall–Kier alpha value is -1.96. The van der Waals surface area contributed by atoms with Gasteiger partial charge < -0.3 is 0 Å². The fourth-order valence-corrected chi connectivity index (χ4v) is 2.61. The number of aromatic nitrogens is 1. The van der Waals surface area contributed by atoms with Crippen molar-refractivity contribution in [2.45, 2.75) is 53.4 Å². The van der Waals surface area contributed by atoms with Gasteiger partial charge in [-0.05, 0) is 48.9 Å². The lowest BCUT2D eigenvalue weighted by molar-refractivity contribution is 0.834. The second kappa shape index (κ2) is 6.87. The highest BCUT2D eigenvalue weighted by Gasteiger charge is 2.13. The van der Waals surface area contributed by atoms with Crippen molar-refractivity contribution in [2.75, 3.05) is 0 Å². The lowest BCUT2D eigenvalue weighted by Gasteiger charge is -2.17. The summed E-state index contributed by atoms with van der Waals surface area (Å²) in [6.45, 7) is 12.9. The molecule has 116 valence electrons. The molecule has 1 heterocycles. The first-order valence-electron chi connectivity index (χ1n) is 8.02. The van der Waals surface area contributed by atoms with Gasteiger partial charge in [0.15, 0.2) is 0 Å². The maximum absolute atomic E-state index is 4.97. The van der Waals surface area contributed by atoms with Crippen molar-refractivity contribution in [1.29, 1.82) is 0 Å². The van der Waals surface area contributed by atoms with E-state index < -0.39 is 0 Å². The van der Waals surface area contributed by atoms with Gasteiger partial charge in [-0.1, -0.05) is 52.0 Å². The number of hydrogen-bond acceptors (Lipinski definition) is 2. The lowest BCUT2D eigenvalue weighted by atomic mass is 9.93. The van der Waals surface area contributed by atoms with Gasteiger partial charge in [0.05, 0.1) is 17.1 Å². The molecule has 0 amide bonds. The van der Waals surface area contributed by atoms with Gasteiger partial charge in [-0.2, -0.15) is 0 Å². The molecule has 0 fully saturated rings. The van der Waals surface area contributed by atoms with Crippen LogP contribution in [0.3, 0.4) is 0 Å². The van der Waals surface area contributed by atoms with Gasteiger partial charge >= 0.3 is 0 Å². The molecule has 2 rings (SSSR count). The summed E-state index contributed by atoms with van der Waals surface area (Å²) in [4.78, 5) is 9.55. The molecule has 1 aromatic heterocycles. The first kappa shape index (κ1) is 16.4. The molecule has 0 saturated carbocycles. The number of para-hydroxylation sites is 1. The van der Waals surface area contributed by atoms with Crippen LogP contribution in [0.1, 0.15) is 69.0 Å². The van der Waals surface area contributed by atoms with Crippen LogP contribution in [-0.4, -0.2) is 10.7 Å². The number of aryl methyl sites for hydroxylation is 1. The standard InChI is InChI=1S/C20H26N2/c1-13(2)17-10-8-11-18(14(3)4)20(17)22-16(6)19-12-7-9-15(5)21-19/h7-14H,1-6H3/b22-16+. The molecule has 2 heteroatoms. The highest BCUT2D eigenvalue weighted by atomic mass is 14.8. The molecule has 0 N–H and O–H groups in total. The number of benzene rings is 1. The Labute approximate surface area is 134 Å². The summed E-state index contributed by atoms with van der Waals surface area (Å²) in [6.07, 6.45) is 0. The van der Waals surface area contributed by atoms with Crippen LogP contribution in [0.4, 0.5) is 5.69 Å². The minimum Gasteiger partial charge on any atom is -0.252 e. The zero-order chi connectivity index (χ0) is 16.3. The summed E-state index contributed by atoms with van der Waals surface area (Å²) in [6, 6.07) is 12.6. The van der Waals surface area contributed by atoms with Gasteiger partial charge in [0.25, 0.3) is 0 Å². The summed E-state index contributed by atoms with van der Waals surface area (Å²) in [5.41, 5.74) is 6.67. The van der Waals surface area contributed by atoms with Gasteiger partial charge in [0.2, 0.25) is 0 Å². The first-order valence-corrected chi connectivity index (χ1v) is 8.02. The molecule has 0 unspecified atom stereocenters. The van der Waals surface area contributed by atoms with Crippen LogP contribution in [0.15, 0.2) is 41.4 Å². The number of pyridine rings is 1. The van der Waals surface area contributed by atoms with E-state index in [9.17, 15) is 0 Å². The Bertz CT molecular complexity index is 656. The number of rotatable bonds is 4. The van der Waals surface area contributed by atoms with Gasteiger partial charge in [-0.3, -0.25) is 9.98 Å². The number of hydrogen-bond donors (Lipinski definition) is 0. The van der Waals surface area contributed by atoms with Crippen molar-refractivity contribution in [3.05, 3.63) is 58.9 Å². The molecule has 2 nitrogen and oxygen atoms in total. The monoisotopic (exact) mass is 294 g/mol. The predicted molar refractivity (Wildman–Crippen MR) is 95.5 cm³/mol. The van der Waals surface area contributed by atoms with Crippen molar-refractivity contribution in [3.8, 4) is 0 Å². The maximum Gasteiger partial charge on any atom is 0.0844 e. The fraction of sp³-hybridized carbons (Fsp3) is 0.400. The first-order chi connectivity index (χ1) is 10.4. The molecular formula is C20H26N2. The van der Waals surface area contributed by atoms with Crippen LogP contribution in [0, 0.1) is 6.92 Å². The van der Waals surface area contributed by atoms with E-state index in [-0.39, 0.29) is 0 Å². The van der Waals surface area contributed by atoms with E-state index in [0.29, 0.717) is 11.8 Å². The van der Waals surface area contributed by atoms with E-state index in [1.165, 1.54) is 11.1 Å². The van der Waals surface area contributed by atoms with E-state index >= 15 is 0 Å². The third kappa shape index (κ3) is 3.62. The number of aliphatic imine (C=N–C) groups is 1. The third-order valence-electron chi connectivity index (χ3n) is 3.88. The highest BCUT2D eigenvalue weighted by molar-refractivity contribution is 5.99. The van der Waals surface area contributed by atoms with Gasteiger partial charge in [0.1, 0.15) is 0 Å². The van der Waals surface area contributed by atoms with E-state index in [2.05, 4.69) is 50.9 Å². The summed E-state index contributed by atoms with van der Waals surface area (Å²) in [5.74, 6) is 0.909. The van der Waals surface area contributed by atoms with Crippen molar-refractivity contribution in [1.82, 2.24) is 4.98 Å². The average molecular weight is 294 g/mol. The van der Waals surface area contributed by atoms with Crippen molar-refractivity contribution in [2.24, 2.45) is 4.99 Å². The Morgan fingerprint density at radius 3 is 1.95 bits per heavy atom. The second-order valence-electron chi connectivity index (χ2n) is 6.46. The zero-order valence-electron chi connectivity index (χ0n) is 14.5. The molecule has 0 bridgehead atoms. The van der Waals surface area contributed by atoms with Crippen LogP contribution in [0.5, 0.6) is 0 Å². The molecule has 0 spiro atoms. The van der Waals surface area contributed by atoms with E-state index in [1.807, 2.05) is 32.0 Å². The minimum absolute atomic E-state index is 0.454. The van der Waals surface area contributed by atoms with Gasteiger partial charge in [0, 0.05) is 5.69 Å². The molecule has 0 atom stereocenters. The average Bonchev–Trinajstić information content (AvgIpc) is 2.46. The minimum atomic E-state index is 0.454. The molecule has 0 aliphatic heterocycles. The van der Waals surface area contributed by atoms with E-state index in [1.54, 1.807) is 0 Å². The summed E-state index contributed by atoms with van der Waals surface area (Å²) < 4.78 is 0. The quantitative estimate of drug-likeness (QED) is 0.656. The van der Waals surface area contributed by atoms with Crippen LogP contribution < -0.4 is 0 Å². The SMILES string of the molecule is C/C(=N\c1c(C(C)C)cccc1C(C)C)c1cccc(C)n1. The highest BCUT2D eigenvalue weighted by Crippen LogP contribution is 2.35. The van der Waals surface area contributed by atoms with Crippen molar-refractivity contribution in [3.63, 3.8) is 0 Å². The normalized spacial score (nSPS) is 12.3. The molecule has 0 saturated heterocycles. The largest absolute Gasteiger partial charge is 0.252 e. The summed E-state index contributed by atoms with van der Waals surface area (Å²) >= 11 is 0. The predicted octanol–water partition coefficient (Wildman–Crippen LogP) is 5.78. The van der Waals surface area contributed by atoms with Gasteiger partial charge in [-0.15, -0.1) is 0 Å². The lowest BCUT2D eigenvalue weighted by Crippen LogP contribution is -2.02. The van der Waals surface area contributed by atoms with Crippen LogP contribution in [0.25, 0.3) is 0 Å². The van der Waals surface area contributed by atoms with Crippen LogP contribution in [0.2, 0.25) is 0 Å². The van der Waals surface area contributed by atoms with Crippen LogP contribution in [-0.2, 0) is 0 Å². The Morgan fingerprint density at radius 2 is 1.45 bits per heavy atom. The molecule has 0 aliphatic carbocycles.